The number of benzene rings is 14. The fourth-order valence-electron chi connectivity index (χ4n) is 21.1. The van der Waals surface area contributed by atoms with Crippen LogP contribution >= 0.6 is 0 Å². The molecule has 1 aliphatic rings. The largest absolute Gasteiger partial charge is 0.454 e. The molecule has 0 saturated heterocycles. The lowest BCUT2D eigenvalue weighted by Gasteiger charge is -2.21. The molecule has 0 amide bonds. The zero-order chi connectivity index (χ0) is 96.2. The van der Waals surface area contributed by atoms with Gasteiger partial charge in [0.05, 0.1) is 27.8 Å². The normalized spacial score (nSPS) is 12.8. The molecule has 0 radical (unpaired) electrons. The standard InChI is InChI=1S/C29H29N2O.C26H24NO.C25H22NO.C24H20NO.C23H18NO/c1-19-14-28-24(25-17-22-10-6-7-11-26(22)30-29(25)32-28)18-23(19)27-16-21(12-13-31(27)2)15-20-8-4-3-5-9-20;1-16(2)19-13-14-27(4)23(15-19)24-17(3)9-11-22-21-12-10-18-7-5-6-8-20(18)25(21)28-26(22)24;1-4-17-13-14-26(3)22(15-17)23-16(2)9-11-21-20-12-10-18-7-5-6-8-19(18)24(20)27-25(21)23;1-15-12-13-25(3)21(14-15)22-16(2)8-10-20-19-11-9-17-6-4-5-7-18(17)23(19)26-24(20)22;1-15-10-12-19-18-13-11-16-7-3-4-8-17(16)22(18)25-23(19)21(15)20-9-5-6-14-24(20)2/h6-7,10-14,16-18,20H,3-5,8-9,15H2,1-2H3;5-16H,1-4H3;5-15H,4H2,1-3H3;4-14H,1-3H3;3-14H,1-2H3/q5*+1/i15D2;;;;. The van der Waals surface area contributed by atoms with Crippen molar-refractivity contribution in [2.24, 2.45) is 41.2 Å². The van der Waals surface area contributed by atoms with Gasteiger partial charge in [-0.25, -0.2) is 27.8 Å². The molecular weight excluding hydrogens is 1690 g/mol. The lowest BCUT2D eigenvalue weighted by atomic mass is 9.85. The number of fused-ring (bicyclic) bond motifs is 24. The number of furan rings is 5. The summed E-state index contributed by atoms with van der Waals surface area (Å²) in [4.78, 5) is 4.74. The van der Waals surface area contributed by atoms with Crippen molar-refractivity contribution < 1.29 is 47.7 Å². The van der Waals surface area contributed by atoms with Gasteiger partial charge in [-0.3, -0.25) is 0 Å². The Labute approximate surface area is 806 Å². The molecule has 25 aromatic rings. The highest BCUT2D eigenvalue weighted by Gasteiger charge is 2.29. The number of aromatic nitrogens is 6. The Morgan fingerprint density at radius 2 is 0.688 bits per heavy atom. The minimum atomic E-state index is -1.33. The average molecular weight is 1810 g/mol. The zero-order valence-electron chi connectivity index (χ0n) is 82.9. The minimum Gasteiger partial charge on any atom is -0.454 e. The van der Waals surface area contributed by atoms with Crippen LogP contribution in [0.4, 0.5) is 0 Å². The van der Waals surface area contributed by atoms with Gasteiger partial charge in [0.15, 0.2) is 31.0 Å². The summed E-state index contributed by atoms with van der Waals surface area (Å²) >= 11 is 0. The summed E-state index contributed by atoms with van der Waals surface area (Å²) in [7, 11) is 10.4. The summed E-state index contributed by atoms with van der Waals surface area (Å²) in [6.45, 7) is 19.5. The van der Waals surface area contributed by atoms with Crippen molar-refractivity contribution in [3.05, 3.63) is 384 Å². The Bertz CT molecular complexity index is 9280. The van der Waals surface area contributed by atoms with E-state index in [4.69, 9.17) is 29.8 Å². The molecule has 0 unspecified atom stereocenters. The number of nitrogens with zero attached hydrogens (tertiary/aromatic N) is 6. The Hall–Kier alpha value is -15.7. The summed E-state index contributed by atoms with van der Waals surface area (Å²) in [6, 6.07) is 107. The third-order valence-electron chi connectivity index (χ3n) is 28.7. The van der Waals surface area contributed by atoms with Crippen LogP contribution in [0.15, 0.2) is 356 Å². The number of pyridine rings is 6. The molecule has 14 aromatic carbocycles. The monoisotopic (exact) mass is 1800 g/mol. The smallest absolute Gasteiger partial charge is 0.227 e. The molecule has 0 aliphatic heterocycles. The SMILES string of the molecule is CCc1cc[n+](C)c(-c2c(C)ccc3c2oc2c4ccccc4ccc32)c1.Cc1cc[n+](C)c(-c2c(C)ccc3c2oc2c4ccccc4ccc32)c1.Cc1ccc2c(oc3c4ccccc4ccc23)c1-c1cc(C(C)C)cc[n+]1C.Cc1ccc2c(oc3c4ccccc4ccc23)c1-c1cccc[n+]1C.[2H]C([2H])(c1cc[n+](C)c(-c2cc3c(cc2C)oc2nc4ccccc4cc23)c1)C1CCCCC1. The van der Waals surface area contributed by atoms with E-state index in [1.165, 1.54) is 165 Å². The number of aryl methyl sites for hydroxylation is 12. The Morgan fingerprint density at radius 3 is 1.16 bits per heavy atom. The van der Waals surface area contributed by atoms with E-state index in [1.807, 2.05) is 43.6 Å². The summed E-state index contributed by atoms with van der Waals surface area (Å²) in [5, 5.41) is 22.0. The fraction of sp³-hybridized carbons (Fsp3) is 0.181. The van der Waals surface area contributed by atoms with Crippen molar-refractivity contribution in [1.82, 2.24) is 4.98 Å². The number of para-hydroxylation sites is 1. The summed E-state index contributed by atoms with van der Waals surface area (Å²) < 4.78 is 61.0. The molecule has 11 heterocycles. The fourth-order valence-corrected chi connectivity index (χ4v) is 21.1. The first-order chi connectivity index (χ1) is 68.0. The highest BCUT2D eigenvalue weighted by Crippen LogP contribution is 2.47. The van der Waals surface area contributed by atoms with Crippen LogP contribution < -0.4 is 22.8 Å². The van der Waals surface area contributed by atoms with Crippen LogP contribution in [0, 0.1) is 47.5 Å². The lowest BCUT2D eigenvalue weighted by Crippen LogP contribution is -2.31. The van der Waals surface area contributed by atoms with Crippen molar-refractivity contribution in [3.63, 3.8) is 0 Å². The quantitative estimate of drug-likeness (QED) is 0.134. The van der Waals surface area contributed by atoms with E-state index in [0.717, 1.165) is 137 Å². The van der Waals surface area contributed by atoms with Crippen LogP contribution in [0.1, 0.15) is 112 Å². The van der Waals surface area contributed by atoms with Gasteiger partial charge in [-0.1, -0.05) is 241 Å². The van der Waals surface area contributed by atoms with Gasteiger partial charge in [-0.05, 0) is 192 Å². The second kappa shape index (κ2) is 36.2. The van der Waals surface area contributed by atoms with Crippen LogP contribution in [0.2, 0.25) is 0 Å². The molecule has 1 saturated carbocycles. The molecule has 1 fully saturated rings. The Morgan fingerprint density at radius 1 is 0.304 bits per heavy atom. The Balaban J connectivity index is 0.000000101. The third-order valence-corrected chi connectivity index (χ3v) is 28.7. The van der Waals surface area contributed by atoms with Crippen LogP contribution in [-0.4, -0.2) is 4.98 Å². The molecule has 0 spiro atoms. The van der Waals surface area contributed by atoms with Gasteiger partial charge in [0.1, 0.15) is 85.5 Å². The molecular formula is C127H113N6O5+5. The highest BCUT2D eigenvalue weighted by atomic mass is 16.3. The summed E-state index contributed by atoms with van der Waals surface area (Å²) in [6.07, 6.45) is 15.6. The maximum absolute atomic E-state index is 8.97. The van der Waals surface area contributed by atoms with E-state index in [-0.39, 0.29) is 5.92 Å². The van der Waals surface area contributed by atoms with Gasteiger partial charge in [-0.15, -0.1) is 0 Å². The summed E-state index contributed by atoms with van der Waals surface area (Å²) in [5.41, 5.74) is 32.4. The van der Waals surface area contributed by atoms with Gasteiger partial charge in [-0.2, -0.15) is 0 Å². The molecule has 0 atom stereocenters. The second-order valence-corrected chi connectivity index (χ2v) is 38.2. The molecule has 26 rings (SSSR count). The van der Waals surface area contributed by atoms with E-state index >= 15 is 0 Å². The first-order valence-electron chi connectivity index (χ1n) is 49.5. The Kier molecular flexibility index (Phi) is 22.3. The van der Waals surface area contributed by atoms with Crippen molar-refractivity contribution >= 4 is 164 Å². The second-order valence-electron chi connectivity index (χ2n) is 38.2. The third kappa shape index (κ3) is 15.9. The topological polar surface area (TPSA) is 98.0 Å². The molecule has 138 heavy (non-hydrogen) atoms. The number of hydrogen-bond acceptors (Lipinski definition) is 6. The molecule has 0 N–H and O–H groups in total. The molecule has 0 bridgehead atoms. The van der Waals surface area contributed by atoms with E-state index < -0.39 is 6.37 Å². The van der Waals surface area contributed by atoms with Crippen molar-refractivity contribution in [3.8, 4) is 56.3 Å². The highest BCUT2D eigenvalue weighted by molar-refractivity contribution is 6.22. The molecule has 1 aliphatic carbocycles. The van der Waals surface area contributed by atoms with E-state index in [1.54, 1.807) is 0 Å². The first-order valence-corrected chi connectivity index (χ1v) is 48.5. The van der Waals surface area contributed by atoms with Crippen molar-refractivity contribution in [2.75, 3.05) is 0 Å². The lowest BCUT2D eigenvalue weighted by molar-refractivity contribution is -0.660. The molecule has 676 valence electrons. The predicted molar refractivity (Wildman–Crippen MR) is 569 cm³/mol. The van der Waals surface area contributed by atoms with E-state index in [2.05, 4.69) is 411 Å². The van der Waals surface area contributed by atoms with Gasteiger partial charge in [0.2, 0.25) is 34.2 Å². The first kappa shape index (κ1) is 85.2. The van der Waals surface area contributed by atoms with Gasteiger partial charge >= 0.3 is 0 Å². The summed E-state index contributed by atoms with van der Waals surface area (Å²) in [5.74, 6) is 0.571. The van der Waals surface area contributed by atoms with E-state index in [9.17, 15) is 0 Å². The minimum absolute atomic E-state index is 0.0857. The molecule has 11 nitrogen and oxygen atoms in total. The number of rotatable bonds is 9. The molecule has 11 aromatic heterocycles. The average Bonchev–Trinajstić information content (AvgIpc) is 1.63. The van der Waals surface area contributed by atoms with Gasteiger partial charge in [0, 0.05) is 150 Å². The van der Waals surface area contributed by atoms with E-state index in [0.29, 0.717) is 11.6 Å². The van der Waals surface area contributed by atoms with Crippen LogP contribution in [0.3, 0.4) is 0 Å². The maximum Gasteiger partial charge on any atom is 0.227 e. The van der Waals surface area contributed by atoms with Crippen molar-refractivity contribution in [2.45, 2.75) is 113 Å². The zero-order valence-corrected chi connectivity index (χ0v) is 80.9. The van der Waals surface area contributed by atoms with Crippen LogP contribution in [0.25, 0.3) is 220 Å². The van der Waals surface area contributed by atoms with Crippen LogP contribution in [0.5, 0.6) is 0 Å². The maximum atomic E-state index is 8.97. The van der Waals surface area contributed by atoms with Gasteiger partial charge < -0.3 is 22.1 Å². The number of hydrogen-bond donors (Lipinski definition) is 0. The predicted octanol–water partition coefficient (Wildman–Crippen LogP) is 31.2. The van der Waals surface area contributed by atoms with Gasteiger partial charge in [0.25, 0.3) is 0 Å². The molecule has 11 heteroatoms. The van der Waals surface area contributed by atoms with Crippen LogP contribution in [-0.2, 0) is 48.0 Å². The van der Waals surface area contributed by atoms with Crippen molar-refractivity contribution in [1.29, 1.82) is 0 Å².